The first-order valence-electron chi connectivity index (χ1n) is 4.58. The van der Waals surface area contributed by atoms with Crippen LogP contribution in [0.15, 0.2) is 29.3 Å². The van der Waals surface area contributed by atoms with Gasteiger partial charge in [-0.15, -0.1) is 13.2 Å². The topological polar surface area (TPSA) is 30.8 Å². The van der Waals surface area contributed by atoms with Crippen LogP contribution in [0.25, 0.3) is 0 Å². The number of hydrogen-bond acceptors (Lipinski definition) is 3. The highest BCUT2D eigenvalue weighted by Crippen LogP contribution is 2.23. The smallest absolute Gasteiger partial charge is 0.476 e. The summed E-state index contributed by atoms with van der Waals surface area (Å²) in [5, 5.41) is 0. The molecule has 0 fully saturated rings. The first kappa shape index (κ1) is 10.8. The van der Waals surface area contributed by atoms with E-state index in [-0.39, 0.29) is 5.75 Å². The van der Waals surface area contributed by atoms with Gasteiger partial charge in [0.25, 0.3) is 0 Å². The van der Waals surface area contributed by atoms with Gasteiger partial charge >= 0.3 is 6.36 Å². The van der Waals surface area contributed by atoms with Gasteiger partial charge in [0.15, 0.2) is 0 Å². The molecule has 0 saturated carbocycles. The minimum atomic E-state index is -4.66. The van der Waals surface area contributed by atoms with Crippen LogP contribution in [0.1, 0.15) is 5.56 Å². The SMILES string of the molecule is FC(F)(F)Oc1ccc(C2=NCCO2)cc1. The number of alkyl halides is 3. The van der Waals surface area contributed by atoms with Crippen molar-refractivity contribution in [3.8, 4) is 5.75 Å². The molecule has 16 heavy (non-hydrogen) atoms. The van der Waals surface area contributed by atoms with E-state index in [1.165, 1.54) is 24.3 Å². The van der Waals surface area contributed by atoms with Gasteiger partial charge in [-0.2, -0.15) is 0 Å². The largest absolute Gasteiger partial charge is 0.573 e. The summed E-state index contributed by atoms with van der Waals surface area (Å²) in [5.41, 5.74) is 0.645. The number of ether oxygens (including phenoxy) is 2. The van der Waals surface area contributed by atoms with Crippen LogP contribution in [-0.2, 0) is 4.74 Å². The fraction of sp³-hybridized carbons (Fsp3) is 0.300. The average Bonchev–Trinajstić information content (AvgIpc) is 2.69. The number of rotatable bonds is 2. The monoisotopic (exact) mass is 231 g/mol. The minimum Gasteiger partial charge on any atom is -0.476 e. The molecule has 86 valence electrons. The van der Waals surface area contributed by atoms with Crippen LogP contribution in [0, 0.1) is 0 Å². The first-order chi connectivity index (χ1) is 7.54. The Labute approximate surface area is 89.5 Å². The predicted octanol–water partition coefficient (Wildman–Crippen LogP) is 2.36. The average molecular weight is 231 g/mol. The van der Waals surface area contributed by atoms with E-state index in [0.717, 1.165) is 0 Å². The predicted molar refractivity (Wildman–Crippen MR) is 50.5 cm³/mol. The molecule has 0 radical (unpaired) electrons. The van der Waals surface area contributed by atoms with Crippen LogP contribution in [0.2, 0.25) is 0 Å². The van der Waals surface area contributed by atoms with Crippen LogP contribution < -0.4 is 4.74 Å². The molecule has 0 unspecified atom stereocenters. The Balaban J connectivity index is 2.10. The van der Waals surface area contributed by atoms with E-state index in [9.17, 15) is 13.2 Å². The molecule has 0 aliphatic carbocycles. The summed E-state index contributed by atoms with van der Waals surface area (Å²) in [5.74, 6) is 0.202. The van der Waals surface area contributed by atoms with Gasteiger partial charge in [-0.3, -0.25) is 0 Å². The van der Waals surface area contributed by atoms with Gasteiger partial charge < -0.3 is 9.47 Å². The summed E-state index contributed by atoms with van der Waals surface area (Å²) in [4.78, 5) is 4.04. The summed E-state index contributed by atoms with van der Waals surface area (Å²) < 4.78 is 44.5. The van der Waals surface area contributed by atoms with Crippen LogP contribution >= 0.6 is 0 Å². The molecule has 1 aliphatic rings. The Morgan fingerprint density at radius 3 is 2.38 bits per heavy atom. The molecule has 0 bridgehead atoms. The van der Waals surface area contributed by atoms with E-state index in [4.69, 9.17) is 4.74 Å². The second-order valence-corrected chi connectivity index (χ2v) is 3.11. The molecule has 0 atom stereocenters. The van der Waals surface area contributed by atoms with Crippen molar-refractivity contribution >= 4 is 5.90 Å². The zero-order valence-corrected chi connectivity index (χ0v) is 8.12. The number of benzene rings is 1. The van der Waals surface area contributed by atoms with Gasteiger partial charge in [0.2, 0.25) is 5.90 Å². The third kappa shape index (κ3) is 2.65. The highest BCUT2D eigenvalue weighted by Gasteiger charge is 2.31. The van der Waals surface area contributed by atoms with E-state index in [2.05, 4.69) is 9.73 Å². The first-order valence-corrected chi connectivity index (χ1v) is 4.58. The van der Waals surface area contributed by atoms with E-state index in [0.29, 0.717) is 24.6 Å². The molecular weight excluding hydrogens is 223 g/mol. The number of hydrogen-bond donors (Lipinski definition) is 0. The molecule has 6 heteroatoms. The lowest BCUT2D eigenvalue weighted by molar-refractivity contribution is -0.274. The van der Waals surface area contributed by atoms with Gasteiger partial charge in [-0.05, 0) is 24.3 Å². The second kappa shape index (κ2) is 4.03. The fourth-order valence-electron chi connectivity index (χ4n) is 1.31. The molecule has 1 aromatic carbocycles. The molecule has 0 amide bonds. The van der Waals surface area contributed by atoms with E-state index in [1.807, 2.05) is 0 Å². The summed E-state index contributed by atoms with van der Waals surface area (Å²) in [6.07, 6.45) is -4.66. The number of aliphatic imine (C=N–C) groups is 1. The van der Waals surface area contributed by atoms with E-state index < -0.39 is 6.36 Å². The van der Waals surface area contributed by atoms with Crippen molar-refractivity contribution in [2.75, 3.05) is 13.2 Å². The van der Waals surface area contributed by atoms with E-state index >= 15 is 0 Å². The molecular formula is C10H8F3NO2. The van der Waals surface area contributed by atoms with Gasteiger partial charge in [-0.1, -0.05) is 0 Å². The Morgan fingerprint density at radius 1 is 1.19 bits per heavy atom. The maximum atomic E-state index is 11.9. The van der Waals surface area contributed by atoms with Gasteiger partial charge in [0.1, 0.15) is 12.4 Å². The molecule has 0 saturated heterocycles. The Hall–Kier alpha value is -1.72. The summed E-state index contributed by atoms with van der Waals surface area (Å²) in [6.45, 7) is 1.09. The molecule has 0 N–H and O–H groups in total. The van der Waals surface area contributed by atoms with Crippen molar-refractivity contribution in [3.05, 3.63) is 29.8 Å². The van der Waals surface area contributed by atoms with Crippen molar-refractivity contribution in [2.24, 2.45) is 4.99 Å². The van der Waals surface area contributed by atoms with Crippen molar-refractivity contribution < 1.29 is 22.6 Å². The van der Waals surface area contributed by atoms with Crippen LogP contribution in [0.4, 0.5) is 13.2 Å². The van der Waals surface area contributed by atoms with Crippen LogP contribution in [0.3, 0.4) is 0 Å². The Bertz CT molecular complexity index is 398. The molecule has 0 aromatic heterocycles. The van der Waals surface area contributed by atoms with Crippen molar-refractivity contribution in [2.45, 2.75) is 6.36 Å². The number of halogens is 3. The number of nitrogens with zero attached hydrogens (tertiary/aromatic N) is 1. The minimum absolute atomic E-state index is 0.255. The van der Waals surface area contributed by atoms with Gasteiger partial charge in [0.05, 0.1) is 6.54 Å². The summed E-state index contributed by atoms with van der Waals surface area (Å²) >= 11 is 0. The molecule has 2 rings (SSSR count). The molecule has 3 nitrogen and oxygen atoms in total. The molecule has 0 spiro atoms. The Morgan fingerprint density at radius 2 is 1.88 bits per heavy atom. The molecule has 1 aliphatic heterocycles. The standard InChI is InChI=1S/C10H8F3NO2/c11-10(12,13)16-8-3-1-7(2-4-8)9-14-5-6-15-9/h1-4H,5-6H2. The molecule has 1 aromatic rings. The lowest BCUT2D eigenvalue weighted by Crippen LogP contribution is -2.17. The third-order valence-electron chi connectivity index (χ3n) is 1.92. The summed E-state index contributed by atoms with van der Waals surface area (Å²) in [7, 11) is 0. The van der Waals surface area contributed by atoms with Gasteiger partial charge in [-0.25, -0.2) is 4.99 Å². The zero-order chi connectivity index (χ0) is 11.6. The Kier molecular flexibility index (Phi) is 2.72. The van der Waals surface area contributed by atoms with E-state index in [1.54, 1.807) is 0 Å². The van der Waals surface area contributed by atoms with Gasteiger partial charge in [0, 0.05) is 5.56 Å². The fourth-order valence-corrected chi connectivity index (χ4v) is 1.31. The van der Waals surface area contributed by atoms with Crippen molar-refractivity contribution in [1.29, 1.82) is 0 Å². The van der Waals surface area contributed by atoms with Crippen LogP contribution in [0.5, 0.6) is 5.75 Å². The maximum Gasteiger partial charge on any atom is 0.573 e. The zero-order valence-electron chi connectivity index (χ0n) is 8.12. The lowest BCUT2D eigenvalue weighted by Gasteiger charge is -2.09. The normalized spacial score (nSPS) is 15.6. The van der Waals surface area contributed by atoms with Crippen LogP contribution in [-0.4, -0.2) is 25.4 Å². The highest BCUT2D eigenvalue weighted by atomic mass is 19.4. The summed E-state index contributed by atoms with van der Waals surface area (Å²) in [6, 6.07) is 5.41. The highest BCUT2D eigenvalue weighted by molar-refractivity contribution is 5.94. The lowest BCUT2D eigenvalue weighted by atomic mass is 10.2. The third-order valence-corrected chi connectivity index (χ3v) is 1.92. The maximum absolute atomic E-state index is 11.9. The quantitative estimate of drug-likeness (QED) is 0.782. The second-order valence-electron chi connectivity index (χ2n) is 3.11. The van der Waals surface area contributed by atoms with Crippen molar-refractivity contribution in [1.82, 2.24) is 0 Å². The van der Waals surface area contributed by atoms with Crippen molar-refractivity contribution in [3.63, 3.8) is 0 Å². The molecule has 1 heterocycles.